The third-order valence-corrected chi connectivity index (χ3v) is 7.09. The Morgan fingerprint density at radius 2 is 1.69 bits per heavy atom. The number of benzene rings is 2. The fourth-order valence-corrected chi connectivity index (χ4v) is 4.15. The molecular formula is C24H22ClN5O4S. The lowest BCUT2D eigenvalue weighted by Gasteiger charge is -2.20. The smallest absolute Gasteiger partial charge is 0.266 e. The van der Waals surface area contributed by atoms with Crippen molar-refractivity contribution >= 4 is 38.9 Å². The Bertz CT molecular complexity index is 1440. The molecule has 0 bridgehead atoms. The van der Waals surface area contributed by atoms with Gasteiger partial charge in [0, 0.05) is 29.0 Å². The number of hydrogen-bond donors (Lipinski definition) is 2. The van der Waals surface area contributed by atoms with Crippen LogP contribution in [0.4, 0.5) is 11.4 Å². The van der Waals surface area contributed by atoms with E-state index in [4.69, 9.17) is 16.0 Å². The average Bonchev–Trinajstić information content (AvgIpc) is 3.36. The summed E-state index contributed by atoms with van der Waals surface area (Å²) in [5, 5.41) is 10.8. The van der Waals surface area contributed by atoms with E-state index < -0.39 is 15.4 Å². The number of aromatic nitrogens is 3. The van der Waals surface area contributed by atoms with Gasteiger partial charge in [-0.3, -0.25) is 14.5 Å². The first-order valence-corrected chi connectivity index (χ1v) is 12.6. The summed E-state index contributed by atoms with van der Waals surface area (Å²) in [5.74, 6) is 0.338. The highest BCUT2D eigenvalue weighted by molar-refractivity contribution is 7.92. The second kappa shape index (κ2) is 9.85. The lowest BCUT2D eigenvalue weighted by molar-refractivity contribution is -0.122. The number of hydrogen-bond acceptors (Lipinski definition) is 7. The molecule has 0 radical (unpaired) electrons. The molecule has 0 aliphatic heterocycles. The van der Waals surface area contributed by atoms with E-state index in [0.29, 0.717) is 22.6 Å². The van der Waals surface area contributed by atoms with Gasteiger partial charge >= 0.3 is 0 Å². The molecule has 35 heavy (non-hydrogen) atoms. The van der Waals surface area contributed by atoms with Crippen LogP contribution >= 0.6 is 11.6 Å². The van der Waals surface area contributed by atoms with Crippen LogP contribution in [0, 0.1) is 5.41 Å². The number of rotatable bonds is 8. The predicted octanol–water partition coefficient (Wildman–Crippen LogP) is 4.80. The molecule has 2 aromatic heterocycles. The molecule has 2 aromatic carbocycles. The van der Waals surface area contributed by atoms with E-state index in [-0.39, 0.29) is 28.5 Å². The molecule has 180 valence electrons. The molecule has 0 unspecified atom stereocenters. The number of carbonyl (C=O) groups excluding carboxylic acids is 1. The number of anilines is 2. The number of nitrogens with zero attached hydrogens (tertiary/aromatic N) is 3. The summed E-state index contributed by atoms with van der Waals surface area (Å²) >= 11 is 5.84. The van der Waals surface area contributed by atoms with Crippen LogP contribution < -0.4 is 10.0 Å². The van der Waals surface area contributed by atoms with Crippen LogP contribution in [0.2, 0.25) is 0 Å². The third-order valence-electron chi connectivity index (χ3n) is 5.04. The molecule has 2 heterocycles. The molecule has 0 saturated heterocycles. The number of pyridine rings is 1. The minimum absolute atomic E-state index is 0.0221. The first-order chi connectivity index (χ1) is 16.7. The van der Waals surface area contributed by atoms with Crippen molar-refractivity contribution in [2.45, 2.75) is 18.7 Å². The van der Waals surface area contributed by atoms with Crippen molar-refractivity contribution in [3.63, 3.8) is 0 Å². The maximum atomic E-state index is 13.0. The zero-order valence-corrected chi connectivity index (χ0v) is 20.5. The minimum atomic E-state index is -3.91. The van der Waals surface area contributed by atoms with Gasteiger partial charge in [-0.1, -0.05) is 12.1 Å². The number of carbonyl (C=O) groups is 1. The Labute approximate surface area is 207 Å². The standard InChI is InChI=1S/C24H22ClN5O4S/c1-24(2,15-25)23(31)27-17-9-11-18(12-10-17)30-35(32,33)19-7-5-6-16(14-19)21-28-29-22(34-21)20-8-3-4-13-26-20/h3-14,30H,15H2,1-2H3,(H,27,31). The largest absolute Gasteiger partial charge is 0.415 e. The molecule has 0 aliphatic rings. The molecule has 1 amide bonds. The minimum Gasteiger partial charge on any atom is -0.415 e. The first kappa shape index (κ1) is 24.4. The lowest BCUT2D eigenvalue weighted by atomic mass is 9.95. The molecular weight excluding hydrogens is 490 g/mol. The summed E-state index contributed by atoms with van der Waals surface area (Å²) in [4.78, 5) is 16.5. The monoisotopic (exact) mass is 511 g/mol. The van der Waals surface area contributed by atoms with Gasteiger partial charge in [-0.25, -0.2) is 8.42 Å². The fraction of sp³-hybridized carbons (Fsp3) is 0.167. The molecule has 4 rings (SSSR count). The highest BCUT2D eigenvalue weighted by Crippen LogP contribution is 2.26. The van der Waals surface area contributed by atoms with E-state index in [9.17, 15) is 13.2 Å². The molecule has 0 aliphatic carbocycles. The maximum Gasteiger partial charge on any atom is 0.266 e. The SMILES string of the molecule is CC(C)(CCl)C(=O)Nc1ccc(NS(=O)(=O)c2cccc(-c3nnc(-c4ccccn4)o3)c2)cc1. The Kier molecular flexibility index (Phi) is 6.86. The quantitative estimate of drug-likeness (QED) is 0.325. The number of nitrogens with one attached hydrogen (secondary N) is 2. The van der Waals surface area contributed by atoms with E-state index in [1.807, 2.05) is 0 Å². The zero-order valence-electron chi connectivity index (χ0n) is 18.9. The Morgan fingerprint density at radius 3 is 2.37 bits per heavy atom. The highest BCUT2D eigenvalue weighted by atomic mass is 35.5. The molecule has 2 N–H and O–H groups in total. The second-order valence-electron chi connectivity index (χ2n) is 8.31. The summed E-state index contributed by atoms with van der Waals surface area (Å²) in [6.07, 6.45) is 1.61. The van der Waals surface area contributed by atoms with E-state index in [1.54, 1.807) is 74.6 Å². The van der Waals surface area contributed by atoms with Crippen LogP contribution in [0.15, 0.2) is 82.2 Å². The first-order valence-electron chi connectivity index (χ1n) is 10.5. The van der Waals surface area contributed by atoms with Gasteiger partial charge in [0.2, 0.25) is 11.8 Å². The van der Waals surface area contributed by atoms with Crippen molar-refractivity contribution in [3.05, 3.63) is 72.9 Å². The van der Waals surface area contributed by atoms with Crippen molar-refractivity contribution in [2.24, 2.45) is 5.41 Å². The Morgan fingerprint density at radius 1 is 0.971 bits per heavy atom. The van der Waals surface area contributed by atoms with Gasteiger partial charge in [0.15, 0.2) is 0 Å². The van der Waals surface area contributed by atoms with Crippen molar-refractivity contribution in [1.82, 2.24) is 15.2 Å². The van der Waals surface area contributed by atoms with Crippen LogP contribution in [0.5, 0.6) is 0 Å². The van der Waals surface area contributed by atoms with Crippen molar-refractivity contribution in [3.8, 4) is 23.0 Å². The normalized spacial score (nSPS) is 11.7. The zero-order chi connectivity index (χ0) is 25.1. The van der Waals surface area contributed by atoms with Gasteiger partial charge in [0.25, 0.3) is 15.9 Å². The van der Waals surface area contributed by atoms with E-state index in [1.165, 1.54) is 12.1 Å². The maximum absolute atomic E-state index is 13.0. The van der Waals surface area contributed by atoms with Crippen molar-refractivity contribution in [2.75, 3.05) is 15.9 Å². The summed E-state index contributed by atoms with van der Waals surface area (Å²) in [6.45, 7) is 3.47. The molecule has 0 atom stereocenters. The number of sulfonamides is 1. The topological polar surface area (TPSA) is 127 Å². The van der Waals surface area contributed by atoms with Crippen LogP contribution in [-0.4, -0.2) is 35.4 Å². The van der Waals surface area contributed by atoms with Gasteiger partial charge in [-0.05, 0) is 68.4 Å². The molecule has 9 nitrogen and oxygen atoms in total. The van der Waals surface area contributed by atoms with Crippen LogP contribution in [-0.2, 0) is 14.8 Å². The highest BCUT2D eigenvalue weighted by Gasteiger charge is 2.26. The predicted molar refractivity (Wildman–Crippen MR) is 133 cm³/mol. The van der Waals surface area contributed by atoms with Crippen LogP contribution in [0.3, 0.4) is 0 Å². The number of amides is 1. The fourth-order valence-electron chi connectivity index (χ4n) is 2.93. The average molecular weight is 512 g/mol. The van der Waals surface area contributed by atoms with Gasteiger partial charge in [-0.15, -0.1) is 21.8 Å². The van der Waals surface area contributed by atoms with Gasteiger partial charge in [-0.2, -0.15) is 0 Å². The van der Waals surface area contributed by atoms with E-state index in [2.05, 4.69) is 25.2 Å². The van der Waals surface area contributed by atoms with Gasteiger partial charge in [0.1, 0.15) is 5.69 Å². The van der Waals surface area contributed by atoms with Crippen molar-refractivity contribution < 1.29 is 17.6 Å². The van der Waals surface area contributed by atoms with Gasteiger partial charge in [0.05, 0.1) is 10.3 Å². The Hall–Kier alpha value is -3.76. The molecule has 0 saturated carbocycles. The number of alkyl halides is 1. The molecule has 11 heteroatoms. The summed E-state index contributed by atoms with van der Waals surface area (Å²) in [5.41, 5.74) is 1.09. The summed E-state index contributed by atoms with van der Waals surface area (Å²) in [6, 6.07) is 17.8. The third kappa shape index (κ3) is 5.67. The molecule has 4 aromatic rings. The summed E-state index contributed by atoms with van der Waals surface area (Å²) < 4.78 is 34.1. The lowest BCUT2D eigenvalue weighted by Crippen LogP contribution is -2.32. The van der Waals surface area contributed by atoms with Crippen molar-refractivity contribution in [1.29, 1.82) is 0 Å². The Balaban J connectivity index is 1.50. The van der Waals surface area contributed by atoms with Gasteiger partial charge < -0.3 is 9.73 Å². The molecule has 0 spiro atoms. The van der Waals surface area contributed by atoms with E-state index in [0.717, 1.165) is 0 Å². The van der Waals surface area contributed by atoms with Crippen LogP contribution in [0.25, 0.3) is 23.0 Å². The van der Waals surface area contributed by atoms with E-state index >= 15 is 0 Å². The van der Waals surface area contributed by atoms with Crippen LogP contribution in [0.1, 0.15) is 13.8 Å². The summed E-state index contributed by atoms with van der Waals surface area (Å²) in [7, 11) is -3.91. The second-order valence-corrected chi connectivity index (χ2v) is 10.3. The molecule has 0 fully saturated rings. The number of halogens is 1.